The highest BCUT2D eigenvalue weighted by Crippen LogP contribution is 2.47. The van der Waals surface area contributed by atoms with Crippen LogP contribution in [0.3, 0.4) is 0 Å². The summed E-state index contributed by atoms with van der Waals surface area (Å²) in [5, 5.41) is -5.60. The van der Waals surface area contributed by atoms with Gasteiger partial charge in [0.1, 0.15) is 0 Å². The first-order chi connectivity index (χ1) is 30.7. The average molecular weight is 533 g/mol. The molecule has 0 radical (unpaired) electrons. The molecule has 0 bridgehead atoms. The molecule has 0 aromatic heterocycles. The Morgan fingerprint density at radius 2 is 0.825 bits per heavy atom. The predicted octanol–water partition coefficient (Wildman–Crippen LogP) is 11.3. The van der Waals surface area contributed by atoms with Crippen LogP contribution in [-0.2, 0) is 0 Å². The third kappa shape index (κ3) is 3.54. The topological polar surface area (TPSA) is 0 Å². The maximum atomic E-state index is 9.88. The normalized spacial score (nSPS) is 20.6. The van der Waals surface area contributed by atoms with Gasteiger partial charge >= 0.3 is 0 Å². The molecule has 0 heterocycles. The van der Waals surface area contributed by atoms with Gasteiger partial charge < -0.3 is 0 Å². The number of rotatable bonds is 3. The maximum absolute atomic E-state index is 9.88. The van der Waals surface area contributed by atoms with Crippen LogP contribution in [0.2, 0.25) is 0 Å². The fourth-order valence-electron chi connectivity index (χ4n) is 4.75. The zero-order chi connectivity index (χ0) is 49.1. The van der Waals surface area contributed by atoms with Crippen LogP contribution in [0, 0.1) is 0 Å². The van der Waals surface area contributed by atoms with Gasteiger partial charge in [-0.2, -0.15) is 0 Å². The van der Waals surface area contributed by atoms with Crippen molar-refractivity contribution < 1.29 is 35.6 Å². The molecular formula is C40H26. The standard InChI is InChI=1S/C40H26/c1-3-13-27(14-4-1)29-23-24-36-38(25-29)39(28-15-5-2-6-16-28)34-21-11-12-22-35(34)40(36)37-26-30-17-7-8-18-31(30)32-19-9-10-20-33(32)37/h1-26H/i1D,2D,3D,4D,5D,6D,7D,8D,9D,10D,11D,12D,13D,14D,15D,16D,17D,18D,19D,20D,21D,22D,23D,24D,25D,26D. The molecule has 0 atom stereocenters. The van der Waals surface area contributed by atoms with E-state index in [0.717, 1.165) is 0 Å². The third-order valence-corrected chi connectivity index (χ3v) is 6.38. The molecule has 0 saturated heterocycles. The van der Waals surface area contributed by atoms with Crippen LogP contribution in [0.4, 0.5) is 0 Å². The van der Waals surface area contributed by atoms with Gasteiger partial charge in [0, 0.05) is 0 Å². The Morgan fingerprint density at radius 3 is 1.55 bits per heavy atom. The summed E-state index contributed by atoms with van der Waals surface area (Å²) < 4.78 is 232. The van der Waals surface area contributed by atoms with Gasteiger partial charge in [0.2, 0.25) is 0 Å². The van der Waals surface area contributed by atoms with Crippen molar-refractivity contribution in [2.24, 2.45) is 0 Å². The first kappa shape index (κ1) is 8.65. The van der Waals surface area contributed by atoms with Crippen LogP contribution in [0.1, 0.15) is 35.6 Å². The largest absolute Gasteiger partial charge is 0.0636 e. The fourth-order valence-corrected chi connectivity index (χ4v) is 4.75. The van der Waals surface area contributed by atoms with E-state index in [1.165, 1.54) is 0 Å². The zero-order valence-corrected chi connectivity index (χ0v) is 20.0. The van der Waals surface area contributed by atoms with Gasteiger partial charge in [0.15, 0.2) is 0 Å². The SMILES string of the molecule is [2H]c1c([2H])c([2H])c(-c2c([2H])c([2H])c3c(-c4c([2H])c5c([2H])c([2H])c([2H])c([2H])c5c5c([2H])c([2H])c([2H])c([2H])c45)c4c([2H])c([2H])c([2H])c([2H])c4c(-c4c([2H])c([2H])c([2H])c([2H])c4[2H])c3c2[2H])c([2H])c1[2H]. The van der Waals surface area contributed by atoms with Crippen LogP contribution >= 0.6 is 0 Å². The van der Waals surface area contributed by atoms with E-state index in [0.29, 0.717) is 0 Å². The van der Waals surface area contributed by atoms with Gasteiger partial charge in [-0.25, -0.2) is 0 Å². The molecule has 0 heteroatoms. The third-order valence-electron chi connectivity index (χ3n) is 6.38. The molecule has 0 amide bonds. The van der Waals surface area contributed by atoms with E-state index in [2.05, 4.69) is 0 Å². The molecule has 0 fully saturated rings. The molecular weight excluding hydrogens is 480 g/mol. The van der Waals surface area contributed by atoms with Gasteiger partial charge in [0.05, 0.1) is 35.6 Å². The van der Waals surface area contributed by atoms with Crippen molar-refractivity contribution in [2.75, 3.05) is 0 Å². The lowest BCUT2D eigenvalue weighted by Gasteiger charge is -2.20. The summed E-state index contributed by atoms with van der Waals surface area (Å²) in [6.45, 7) is 0. The highest BCUT2D eigenvalue weighted by molar-refractivity contribution is 6.26. The van der Waals surface area contributed by atoms with E-state index in [-0.39, 0.29) is 0 Å². The molecule has 0 N–H and O–H groups in total. The second-order valence-electron chi connectivity index (χ2n) is 8.50. The van der Waals surface area contributed by atoms with Crippen molar-refractivity contribution in [1.29, 1.82) is 0 Å². The van der Waals surface area contributed by atoms with Crippen LogP contribution in [-0.4, -0.2) is 0 Å². The Hall–Kier alpha value is -5.20. The lowest BCUT2D eigenvalue weighted by atomic mass is 9.83. The predicted molar refractivity (Wildman–Crippen MR) is 173 cm³/mol. The second kappa shape index (κ2) is 9.22. The molecule has 40 heavy (non-hydrogen) atoms. The smallest absolute Gasteiger partial charge is 0.0622 e. The van der Waals surface area contributed by atoms with Gasteiger partial charge in [-0.1, -0.05) is 145 Å². The van der Waals surface area contributed by atoms with E-state index in [9.17, 15) is 9.60 Å². The lowest BCUT2D eigenvalue weighted by molar-refractivity contribution is 1.63. The second-order valence-corrected chi connectivity index (χ2v) is 8.50. The summed E-state index contributed by atoms with van der Waals surface area (Å²) in [5.74, 6) is 0. The molecule has 8 aromatic rings. The Balaban J connectivity index is 1.88. The molecule has 0 nitrogen and oxygen atoms in total. The minimum absolute atomic E-state index is 0.556. The van der Waals surface area contributed by atoms with E-state index in [4.69, 9.17) is 26.0 Å². The van der Waals surface area contributed by atoms with E-state index >= 15 is 0 Å². The number of fused-ring (bicyclic) bond motifs is 5. The van der Waals surface area contributed by atoms with Crippen molar-refractivity contribution in [2.45, 2.75) is 0 Å². The van der Waals surface area contributed by atoms with Gasteiger partial charge in [-0.15, -0.1) is 0 Å². The van der Waals surface area contributed by atoms with Crippen LogP contribution in [0.15, 0.2) is 157 Å². The lowest BCUT2D eigenvalue weighted by Crippen LogP contribution is -1.93. The number of hydrogen-bond donors (Lipinski definition) is 0. The van der Waals surface area contributed by atoms with Crippen molar-refractivity contribution in [1.82, 2.24) is 0 Å². The molecule has 0 unspecified atom stereocenters. The molecule has 0 aliphatic heterocycles. The van der Waals surface area contributed by atoms with E-state index in [1.54, 1.807) is 0 Å². The Bertz CT molecular complexity index is 3590. The molecule has 0 aliphatic carbocycles. The van der Waals surface area contributed by atoms with E-state index < -0.39 is 234 Å². The van der Waals surface area contributed by atoms with Crippen molar-refractivity contribution >= 4 is 43.1 Å². The molecule has 8 rings (SSSR count). The summed E-state index contributed by atoms with van der Waals surface area (Å²) in [6, 6.07) is -24.9. The van der Waals surface area contributed by atoms with Gasteiger partial charge in [-0.3, -0.25) is 0 Å². The minimum atomic E-state index is -1.08. The number of benzene rings is 8. The van der Waals surface area contributed by atoms with Crippen molar-refractivity contribution in [3.63, 3.8) is 0 Å². The Morgan fingerprint density at radius 1 is 0.300 bits per heavy atom. The molecule has 0 spiro atoms. The first-order valence-electron chi connectivity index (χ1n) is 24.8. The average Bonchev–Trinajstić information content (AvgIpc) is 3.29. The zero-order valence-electron chi connectivity index (χ0n) is 46.0. The van der Waals surface area contributed by atoms with Crippen LogP contribution < -0.4 is 0 Å². The summed E-state index contributed by atoms with van der Waals surface area (Å²) in [4.78, 5) is 0. The summed E-state index contributed by atoms with van der Waals surface area (Å²) >= 11 is 0. The molecule has 8 aromatic carbocycles. The molecule has 0 aliphatic rings. The first-order valence-corrected chi connectivity index (χ1v) is 11.8. The summed E-state index contributed by atoms with van der Waals surface area (Å²) in [5.41, 5.74) is -4.76. The quantitative estimate of drug-likeness (QED) is 0.157. The number of hydrogen-bond acceptors (Lipinski definition) is 0. The van der Waals surface area contributed by atoms with Crippen LogP contribution in [0.25, 0.3) is 76.5 Å². The van der Waals surface area contributed by atoms with Crippen molar-refractivity contribution in [3.8, 4) is 33.4 Å². The summed E-state index contributed by atoms with van der Waals surface area (Å²) in [7, 11) is 0. The highest BCUT2D eigenvalue weighted by atomic mass is 14.2. The minimum Gasteiger partial charge on any atom is -0.0622 e. The Labute approximate surface area is 270 Å². The van der Waals surface area contributed by atoms with Crippen molar-refractivity contribution in [3.05, 3.63) is 157 Å². The molecule has 0 saturated carbocycles. The van der Waals surface area contributed by atoms with Gasteiger partial charge in [-0.05, 0) is 88.6 Å². The van der Waals surface area contributed by atoms with Crippen LogP contribution in [0.5, 0.6) is 0 Å². The summed E-state index contributed by atoms with van der Waals surface area (Å²) in [6.07, 6.45) is 0. The monoisotopic (exact) mass is 532 g/mol. The molecule has 186 valence electrons. The fraction of sp³-hybridized carbons (Fsp3) is 0. The maximum Gasteiger partial charge on any atom is 0.0636 e. The Kier molecular flexibility index (Phi) is 1.99. The van der Waals surface area contributed by atoms with E-state index in [1.807, 2.05) is 0 Å². The van der Waals surface area contributed by atoms with Gasteiger partial charge in [0.25, 0.3) is 0 Å². The highest BCUT2D eigenvalue weighted by Gasteiger charge is 2.19.